The van der Waals surface area contributed by atoms with Gasteiger partial charge in [0.15, 0.2) is 11.4 Å². The highest BCUT2D eigenvalue weighted by molar-refractivity contribution is 5.58. The number of aromatic nitrogens is 4. The van der Waals surface area contributed by atoms with Gasteiger partial charge in [0.25, 0.3) is 0 Å². The van der Waals surface area contributed by atoms with Gasteiger partial charge < -0.3 is 10.2 Å². The van der Waals surface area contributed by atoms with E-state index >= 15 is 0 Å². The summed E-state index contributed by atoms with van der Waals surface area (Å²) in [7, 11) is 0. The number of nitrogens with zero attached hydrogens (tertiary/aromatic N) is 4. The Bertz CT molecular complexity index is 697. The number of nitrogens with two attached hydrogens (primary N) is 1. The Labute approximate surface area is 97.1 Å². The van der Waals surface area contributed by atoms with Gasteiger partial charge in [-0.15, -0.1) is 5.10 Å². The first-order chi connectivity index (χ1) is 8.13. The molecular weight excluding hydrogens is 218 g/mol. The molecule has 0 saturated carbocycles. The van der Waals surface area contributed by atoms with Crippen LogP contribution in [0, 0.1) is 13.8 Å². The van der Waals surface area contributed by atoms with Gasteiger partial charge in [-0.05, 0) is 26.0 Å². The number of fused-ring (bicyclic) bond motifs is 1. The van der Waals surface area contributed by atoms with Crippen LogP contribution >= 0.6 is 0 Å². The number of rotatable bonds is 1. The summed E-state index contributed by atoms with van der Waals surface area (Å²) < 4.78 is 7.16. The Kier molecular flexibility index (Phi) is 1.91. The zero-order chi connectivity index (χ0) is 12.0. The van der Waals surface area contributed by atoms with Crippen molar-refractivity contribution in [2.75, 3.05) is 5.73 Å². The number of furan rings is 1. The van der Waals surface area contributed by atoms with Crippen molar-refractivity contribution in [3.63, 3.8) is 0 Å². The minimum Gasteiger partial charge on any atom is -0.458 e. The first-order valence-electron chi connectivity index (χ1n) is 5.20. The number of hydrogen-bond acceptors (Lipinski definition) is 5. The molecule has 17 heavy (non-hydrogen) atoms. The molecule has 6 nitrogen and oxygen atoms in total. The third kappa shape index (κ3) is 1.54. The van der Waals surface area contributed by atoms with E-state index in [9.17, 15) is 0 Å². The average Bonchev–Trinajstić information content (AvgIpc) is 2.82. The lowest BCUT2D eigenvalue weighted by Gasteiger charge is -2.01. The first kappa shape index (κ1) is 9.83. The molecular formula is C11H11N5O. The van der Waals surface area contributed by atoms with E-state index in [1.54, 1.807) is 10.6 Å². The van der Waals surface area contributed by atoms with E-state index in [2.05, 4.69) is 15.1 Å². The van der Waals surface area contributed by atoms with E-state index in [-0.39, 0.29) is 0 Å². The van der Waals surface area contributed by atoms with Crippen LogP contribution in [0.15, 0.2) is 22.6 Å². The highest BCUT2D eigenvalue weighted by atomic mass is 16.3. The summed E-state index contributed by atoms with van der Waals surface area (Å²) in [5, 5.41) is 4.27. The van der Waals surface area contributed by atoms with Gasteiger partial charge in [-0.1, -0.05) is 0 Å². The number of aryl methyl sites for hydroxylation is 2. The van der Waals surface area contributed by atoms with E-state index in [0.717, 1.165) is 5.76 Å². The maximum absolute atomic E-state index is 5.74. The fourth-order valence-corrected chi connectivity index (χ4v) is 1.73. The molecule has 0 atom stereocenters. The predicted octanol–water partition coefficient (Wildman–Crippen LogP) is 1.58. The van der Waals surface area contributed by atoms with Crippen LogP contribution in [-0.2, 0) is 0 Å². The number of hydrogen-bond donors (Lipinski definition) is 1. The molecule has 86 valence electrons. The van der Waals surface area contributed by atoms with Gasteiger partial charge in [-0.25, -0.2) is 9.97 Å². The zero-order valence-electron chi connectivity index (χ0n) is 9.51. The summed E-state index contributed by atoms with van der Waals surface area (Å²) in [5.74, 6) is 3.07. The minimum atomic E-state index is 0.397. The fraction of sp³-hybridized carbons (Fsp3) is 0.182. The highest BCUT2D eigenvalue weighted by Crippen LogP contribution is 2.21. The molecule has 0 unspecified atom stereocenters. The lowest BCUT2D eigenvalue weighted by molar-refractivity contribution is 0.541. The van der Waals surface area contributed by atoms with Crippen molar-refractivity contribution >= 4 is 11.5 Å². The molecule has 0 amide bonds. The molecule has 0 aliphatic heterocycles. The lowest BCUT2D eigenvalue weighted by atomic mass is 10.4. The van der Waals surface area contributed by atoms with Crippen LogP contribution < -0.4 is 5.73 Å². The summed E-state index contributed by atoms with van der Waals surface area (Å²) in [6.45, 7) is 3.69. The first-order valence-corrected chi connectivity index (χ1v) is 5.20. The van der Waals surface area contributed by atoms with Crippen LogP contribution in [0.5, 0.6) is 0 Å². The third-order valence-electron chi connectivity index (χ3n) is 2.41. The maximum Gasteiger partial charge on any atom is 0.200 e. The van der Waals surface area contributed by atoms with Crippen molar-refractivity contribution in [1.82, 2.24) is 19.6 Å². The van der Waals surface area contributed by atoms with Crippen molar-refractivity contribution in [2.45, 2.75) is 13.8 Å². The third-order valence-corrected chi connectivity index (χ3v) is 2.41. The second kappa shape index (κ2) is 3.31. The second-order valence-electron chi connectivity index (χ2n) is 3.84. The van der Waals surface area contributed by atoms with Crippen LogP contribution in [0.2, 0.25) is 0 Å². The summed E-state index contributed by atoms with van der Waals surface area (Å²) in [4.78, 5) is 8.50. The van der Waals surface area contributed by atoms with E-state index in [0.29, 0.717) is 28.9 Å². The predicted molar refractivity (Wildman–Crippen MR) is 62.4 cm³/mol. The number of anilines is 1. The maximum atomic E-state index is 5.74. The van der Waals surface area contributed by atoms with Crippen molar-refractivity contribution in [3.05, 3.63) is 29.8 Å². The Morgan fingerprint density at radius 1 is 1.24 bits per heavy atom. The molecule has 0 bridgehead atoms. The SMILES string of the molecule is Cc1nc2cc(N)nc(-c3ccc(C)o3)n2n1. The van der Waals surface area contributed by atoms with Gasteiger partial charge in [-0.3, -0.25) is 0 Å². The zero-order valence-corrected chi connectivity index (χ0v) is 9.51. The van der Waals surface area contributed by atoms with Crippen LogP contribution in [-0.4, -0.2) is 19.6 Å². The van der Waals surface area contributed by atoms with Crippen LogP contribution in [0.25, 0.3) is 17.2 Å². The lowest BCUT2D eigenvalue weighted by Crippen LogP contribution is -2.01. The summed E-state index contributed by atoms with van der Waals surface area (Å²) in [6, 6.07) is 5.39. The van der Waals surface area contributed by atoms with E-state index in [1.807, 2.05) is 26.0 Å². The largest absolute Gasteiger partial charge is 0.458 e. The van der Waals surface area contributed by atoms with Gasteiger partial charge in [-0.2, -0.15) is 4.52 Å². The topological polar surface area (TPSA) is 82.2 Å². The normalized spacial score (nSPS) is 11.2. The van der Waals surface area contributed by atoms with E-state index in [4.69, 9.17) is 10.2 Å². The average molecular weight is 229 g/mol. The monoisotopic (exact) mass is 229 g/mol. The van der Waals surface area contributed by atoms with Crippen LogP contribution in [0.1, 0.15) is 11.6 Å². The van der Waals surface area contributed by atoms with Gasteiger partial charge >= 0.3 is 0 Å². The standard InChI is InChI=1S/C11H11N5O/c1-6-3-4-8(17-6)11-14-9(12)5-10-13-7(2)15-16(10)11/h3-5H,12H2,1-2H3. The molecule has 3 aromatic rings. The molecule has 6 heteroatoms. The smallest absolute Gasteiger partial charge is 0.200 e. The molecule has 0 radical (unpaired) electrons. The molecule has 0 aromatic carbocycles. The van der Waals surface area contributed by atoms with Gasteiger partial charge in [0.05, 0.1) is 0 Å². The molecule has 3 heterocycles. The molecule has 0 spiro atoms. The van der Waals surface area contributed by atoms with Gasteiger partial charge in [0, 0.05) is 6.07 Å². The Morgan fingerprint density at radius 2 is 2.06 bits per heavy atom. The molecule has 0 fully saturated rings. The summed E-state index contributed by atoms with van der Waals surface area (Å²) >= 11 is 0. The van der Waals surface area contributed by atoms with Crippen molar-refractivity contribution in [2.24, 2.45) is 0 Å². The van der Waals surface area contributed by atoms with Crippen molar-refractivity contribution in [3.8, 4) is 11.6 Å². The Morgan fingerprint density at radius 3 is 2.76 bits per heavy atom. The number of nitrogen functional groups attached to an aromatic ring is 1. The summed E-state index contributed by atoms with van der Waals surface area (Å²) in [5.41, 5.74) is 6.41. The van der Waals surface area contributed by atoms with Crippen molar-refractivity contribution in [1.29, 1.82) is 0 Å². The molecule has 0 saturated heterocycles. The minimum absolute atomic E-state index is 0.397. The molecule has 3 aromatic heterocycles. The Hall–Kier alpha value is -2.37. The summed E-state index contributed by atoms with van der Waals surface area (Å²) in [6.07, 6.45) is 0. The molecule has 2 N–H and O–H groups in total. The quantitative estimate of drug-likeness (QED) is 0.685. The van der Waals surface area contributed by atoms with Gasteiger partial charge in [0.1, 0.15) is 17.4 Å². The van der Waals surface area contributed by atoms with Crippen LogP contribution in [0.3, 0.4) is 0 Å². The molecule has 0 aliphatic rings. The highest BCUT2D eigenvalue weighted by Gasteiger charge is 2.13. The van der Waals surface area contributed by atoms with Crippen molar-refractivity contribution < 1.29 is 4.42 Å². The second-order valence-corrected chi connectivity index (χ2v) is 3.84. The Balaban J connectivity index is 2.34. The van der Waals surface area contributed by atoms with Crippen LogP contribution in [0.4, 0.5) is 5.82 Å². The molecule has 0 aliphatic carbocycles. The van der Waals surface area contributed by atoms with E-state index < -0.39 is 0 Å². The molecule has 3 rings (SSSR count). The fourth-order valence-electron chi connectivity index (χ4n) is 1.73. The van der Waals surface area contributed by atoms with Gasteiger partial charge in [0.2, 0.25) is 5.82 Å². The van der Waals surface area contributed by atoms with E-state index in [1.165, 1.54) is 0 Å².